The molecule has 41 heavy (non-hydrogen) atoms. The molecular weight excluding hydrogens is 514 g/mol. The summed E-state index contributed by atoms with van der Waals surface area (Å²) in [5.74, 6) is 2.83. The van der Waals surface area contributed by atoms with Gasteiger partial charge in [-0.3, -0.25) is 14.8 Å². The summed E-state index contributed by atoms with van der Waals surface area (Å²) in [5.41, 5.74) is 12.8. The number of aryl methyl sites for hydroxylation is 2. The van der Waals surface area contributed by atoms with Gasteiger partial charge >= 0.3 is 0 Å². The minimum Gasteiger partial charge on any atom is -0.488 e. The number of aromatic nitrogens is 4. The summed E-state index contributed by atoms with van der Waals surface area (Å²) < 4.78 is 6.47. The summed E-state index contributed by atoms with van der Waals surface area (Å²) in [4.78, 5) is 26.2. The number of primary amides is 1. The van der Waals surface area contributed by atoms with Crippen molar-refractivity contribution in [1.29, 1.82) is 0 Å². The fourth-order valence-corrected chi connectivity index (χ4v) is 5.51. The first-order valence-corrected chi connectivity index (χ1v) is 14.4. The second-order valence-corrected chi connectivity index (χ2v) is 11.6. The van der Waals surface area contributed by atoms with E-state index in [0.29, 0.717) is 18.3 Å². The summed E-state index contributed by atoms with van der Waals surface area (Å²) >= 11 is 0. The minimum atomic E-state index is -0.305. The molecule has 1 fully saturated rings. The van der Waals surface area contributed by atoms with Gasteiger partial charge in [0.05, 0.1) is 29.5 Å². The molecular formula is C32H41N7O2. The Labute approximate surface area is 242 Å². The minimum absolute atomic E-state index is 0.267. The summed E-state index contributed by atoms with van der Waals surface area (Å²) in [7, 11) is 0. The van der Waals surface area contributed by atoms with E-state index in [4.69, 9.17) is 20.4 Å². The number of nitrogens with one attached hydrogen (secondary N) is 1. The standard InChI is InChI=1S/C32H41N7O2/c1-19(2)23-8-7-21(5)28(15-23)41-18-26-22(6)35-31(30-24(20(3)4)9-10-27-25(30)16-34-37-27)36-32(26)39-13-11-38(12-14-39)17-29(33)40/h7-10,15-16,19-20H,11-14,17-18H2,1-6H3,(H2,33,40)(H,34,37). The fraction of sp³-hybridized carbons (Fsp3) is 0.438. The third kappa shape index (κ3) is 6.05. The molecule has 3 N–H and O–H groups in total. The van der Waals surface area contributed by atoms with E-state index in [1.165, 1.54) is 11.1 Å². The van der Waals surface area contributed by atoms with E-state index < -0.39 is 0 Å². The number of piperazine rings is 1. The van der Waals surface area contributed by atoms with Gasteiger partial charge in [0.15, 0.2) is 5.82 Å². The van der Waals surface area contributed by atoms with Crippen molar-refractivity contribution in [3.05, 3.63) is 64.5 Å². The quantitative estimate of drug-likeness (QED) is 0.296. The number of nitrogens with zero attached hydrogens (tertiary/aromatic N) is 5. The lowest BCUT2D eigenvalue weighted by atomic mass is 9.94. The second-order valence-electron chi connectivity index (χ2n) is 11.6. The van der Waals surface area contributed by atoms with Crippen molar-refractivity contribution < 1.29 is 9.53 Å². The van der Waals surface area contributed by atoms with Crippen molar-refractivity contribution in [3.8, 4) is 17.1 Å². The molecule has 0 unspecified atom stereocenters. The number of fused-ring (bicyclic) bond motifs is 1. The van der Waals surface area contributed by atoms with E-state index in [-0.39, 0.29) is 18.4 Å². The third-order valence-corrected chi connectivity index (χ3v) is 8.00. The van der Waals surface area contributed by atoms with Crippen molar-refractivity contribution in [3.63, 3.8) is 0 Å². The van der Waals surface area contributed by atoms with Gasteiger partial charge in [0.2, 0.25) is 5.91 Å². The van der Waals surface area contributed by atoms with Crippen LogP contribution in [-0.2, 0) is 11.4 Å². The van der Waals surface area contributed by atoms with Crippen LogP contribution < -0.4 is 15.4 Å². The van der Waals surface area contributed by atoms with Gasteiger partial charge in [-0.2, -0.15) is 5.10 Å². The van der Waals surface area contributed by atoms with Gasteiger partial charge in [-0.25, -0.2) is 9.97 Å². The monoisotopic (exact) mass is 555 g/mol. The number of benzene rings is 2. The maximum absolute atomic E-state index is 11.5. The van der Waals surface area contributed by atoms with Crippen LogP contribution >= 0.6 is 0 Å². The van der Waals surface area contributed by atoms with Gasteiger partial charge < -0.3 is 15.4 Å². The van der Waals surface area contributed by atoms with Crippen LogP contribution in [0.3, 0.4) is 0 Å². The molecule has 0 aliphatic carbocycles. The predicted molar refractivity (Wildman–Crippen MR) is 163 cm³/mol. The second kappa shape index (κ2) is 11.9. The average molecular weight is 556 g/mol. The first-order valence-electron chi connectivity index (χ1n) is 14.4. The number of carbonyl (C=O) groups excluding carboxylic acids is 1. The molecule has 5 rings (SSSR count). The smallest absolute Gasteiger partial charge is 0.231 e. The van der Waals surface area contributed by atoms with E-state index in [0.717, 1.165) is 71.0 Å². The predicted octanol–water partition coefficient (Wildman–Crippen LogP) is 5.07. The van der Waals surface area contributed by atoms with Crippen LogP contribution in [0.25, 0.3) is 22.3 Å². The molecule has 2 aromatic heterocycles. The lowest BCUT2D eigenvalue weighted by Crippen LogP contribution is -2.49. The van der Waals surface area contributed by atoms with Gasteiger partial charge in [-0.05, 0) is 54.5 Å². The number of rotatable bonds is 9. The van der Waals surface area contributed by atoms with Crippen LogP contribution in [-0.4, -0.2) is 63.7 Å². The summed E-state index contributed by atoms with van der Waals surface area (Å²) in [6.07, 6.45) is 1.86. The number of carbonyl (C=O) groups is 1. The first-order chi connectivity index (χ1) is 19.6. The highest BCUT2D eigenvalue weighted by molar-refractivity contribution is 5.94. The average Bonchev–Trinajstić information content (AvgIpc) is 3.41. The van der Waals surface area contributed by atoms with E-state index in [2.05, 4.69) is 84.9 Å². The molecule has 0 radical (unpaired) electrons. The SMILES string of the molecule is Cc1ccc(C(C)C)cc1OCc1c(C)nc(-c2c(C(C)C)ccc3[nH]ncc23)nc1N1CCN(CC(N)=O)CC1. The van der Waals surface area contributed by atoms with Crippen LogP contribution in [0.4, 0.5) is 5.82 Å². The van der Waals surface area contributed by atoms with Gasteiger partial charge in [0.25, 0.3) is 0 Å². The maximum Gasteiger partial charge on any atom is 0.231 e. The number of nitrogens with two attached hydrogens (primary N) is 1. The van der Waals surface area contributed by atoms with Gasteiger partial charge in [-0.15, -0.1) is 0 Å². The third-order valence-electron chi connectivity index (χ3n) is 8.00. The number of hydrogen-bond acceptors (Lipinski definition) is 7. The summed E-state index contributed by atoms with van der Waals surface area (Å²) in [6.45, 7) is 16.4. The number of amides is 1. The Kier molecular flexibility index (Phi) is 8.26. The highest BCUT2D eigenvalue weighted by atomic mass is 16.5. The Hall–Kier alpha value is -3.98. The van der Waals surface area contributed by atoms with Crippen LogP contribution in [0.5, 0.6) is 5.75 Å². The van der Waals surface area contributed by atoms with E-state index >= 15 is 0 Å². The van der Waals surface area contributed by atoms with Crippen LogP contribution in [0.2, 0.25) is 0 Å². The lowest BCUT2D eigenvalue weighted by molar-refractivity contribution is -0.119. The number of anilines is 1. The highest BCUT2D eigenvalue weighted by Gasteiger charge is 2.26. The zero-order chi connectivity index (χ0) is 29.3. The molecule has 2 aromatic carbocycles. The first kappa shape index (κ1) is 28.5. The highest BCUT2D eigenvalue weighted by Crippen LogP contribution is 2.36. The van der Waals surface area contributed by atoms with Crippen molar-refractivity contribution in [2.45, 2.75) is 60.0 Å². The molecule has 9 heteroatoms. The van der Waals surface area contributed by atoms with E-state index in [1.54, 1.807) is 0 Å². The van der Waals surface area contributed by atoms with Gasteiger partial charge in [0, 0.05) is 37.1 Å². The molecule has 216 valence electrons. The molecule has 0 spiro atoms. The normalized spacial score (nSPS) is 14.4. The van der Waals surface area contributed by atoms with Crippen molar-refractivity contribution in [2.75, 3.05) is 37.6 Å². The van der Waals surface area contributed by atoms with Crippen LogP contribution in [0.15, 0.2) is 36.5 Å². The number of aromatic amines is 1. The molecule has 0 bridgehead atoms. The van der Waals surface area contributed by atoms with Crippen molar-refractivity contribution >= 4 is 22.6 Å². The van der Waals surface area contributed by atoms with Gasteiger partial charge in [-0.1, -0.05) is 45.9 Å². The molecule has 1 amide bonds. The topological polar surface area (TPSA) is 113 Å². The Morgan fingerprint density at radius 1 is 1.02 bits per heavy atom. The molecule has 4 aromatic rings. The zero-order valence-electron chi connectivity index (χ0n) is 25.0. The lowest BCUT2D eigenvalue weighted by Gasteiger charge is -2.36. The fourth-order valence-electron chi connectivity index (χ4n) is 5.51. The Bertz CT molecular complexity index is 1550. The summed E-state index contributed by atoms with van der Waals surface area (Å²) in [6, 6.07) is 10.6. The Morgan fingerprint density at radius 3 is 2.46 bits per heavy atom. The Morgan fingerprint density at radius 2 is 1.78 bits per heavy atom. The molecule has 0 atom stereocenters. The van der Waals surface area contributed by atoms with Crippen LogP contribution in [0.1, 0.15) is 67.5 Å². The molecule has 0 saturated carbocycles. The van der Waals surface area contributed by atoms with E-state index in [1.807, 2.05) is 13.1 Å². The number of H-pyrrole nitrogens is 1. The summed E-state index contributed by atoms with van der Waals surface area (Å²) in [5, 5.41) is 8.42. The van der Waals surface area contributed by atoms with Crippen molar-refractivity contribution in [2.24, 2.45) is 5.73 Å². The van der Waals surface area contributed by atoms with Crippen molar-refractivity contribution in [1.82, 2.24) is 25.1 Å². The largest absolute Gasteiger partial charge is 0.488 e. The zero-order valence-corrected chi connectivity index (χ0v) is 25.0. The number of hydrogen-bond donors (Lipinski definition) is 2. The molecule has 1 aliphatic rings. The van der Waals surface area contributed by atoms with Gasteiger partial charge in [0.1, 0.15) is 18.2 Å². The molecule has 3 heterocycles. The number of ether oxygens (including phenoxy) is 1. The van der Waals surface area contributed by atoms with Crippen LogP contribution in [0, 0.1) is 13.8 Å². The molecule has 1 saturated heterocycles. The molecule has 1 aliphatic heterocycles. The van der Waals surface area contributed by atoms with E-state index in [9.17, 15) is 4.79 Å². The maximum atomic E-state index is 11.5. The Balaban J connectivity index is 1.57. The molecule has 9 nitrogen and oxygen atoms in total.